The van der Waals surface area contributed by atoms with Crippen LogP contribution in [0.2, 0.25) is 0 Å². The fraction of sp³-hybridized carbons (Fsp3) is 0.250. The minimum atomic E-state index is 0.837. The third-order valence-corrected chi connectivity index (χ3v) is 4.43. The van der Waals surface area contributed by atoms with Crippen LogP contribution in [0.1, 0.15) is 5.56 Å². The van der Waals surface area contributed by atoms with Crippen LogP contribution in [0.3, 0.4) is 0 Å². The Balaban J connectivity index is 1.69. The first kappa shape index (κ1) is 14.4. The number of nitrogens with zero attached hydrogens (tertiary/aromatic N) is 2. The zero-order valence-corrected chi connectivity index (χ0v) is 13.1. The molecule has 3 aromatic rings. The van der Waals surface area contributed by atoms with E-state index in [1.54, 1.807) is 0 Å². The number of fused-ring (bicyclic) bond motifs is 1. The minimum absolute atomic E-state index is 0.837. The lowest BCUT2D eigenvalue weighted by molar-refractivity contribution is 0.0342. The minimum Gasteiger partial charge on any atom is -0.379 e. The summed E-state index contributed by atoms with van der Waals surface area (Å²) in [6.45, 7) is 4.67. The largest absolute Gasteiger partial charge is 0.379 e. The second-order valence-corrected chi connectivity index (χ2v) is 5.96. The molecule has 2 aromatic carbocycles. The van der Waals surface area contributed by atoms with Crippen molar-refractivity contribution < 1.29 is 4.74 Å². The predicted octanol–water partition coefficient (Wildman–Crippen LogP) is 3.73. The molecular weight excluding hydrogens is 284 g/mol. The molecule has 0 atom stereocenters. The summed E-state index contributed by atoms with van der Waals surface area (Å²) in [6, 6.07) is 19.3. The van der Waals surface area contributed by atoms with Crippen molar-refractivity contribution in [2.45, 2.75) is 6.54 Å². The molecule has 1 aliphatic rings. The fourth-order valence-electron chi connectivity index (χ4n) is 3.18. The highest BCUT2D eigenvalue weighted by Crippen LogP contribution is 2.27. The standard InChI is InChI=1S/C20H20N2O/c1-2-6-19(18(4-1)15-22-10-12-23-13-11-22)16-7-8-20-17(14-16)5-3-9-21-20/h1-9,14H,10-13,15H2. The highest BCUT2D eigenvalue weighted by Gasteiger charge is 2.13. The van der Waals surface area contributed by atoms with Crippen molar-refractivity contribution >= 4 is 10.9 Å². The van der Waals surface area contributed by atoms with E-state index in [9.17, 15) is 0 Å². The first-order valence-electron chi connectivity index (χ1n) is 8.13. The van der Waals surface area contributed by atoms with Gasteiger partial charge in [0.05, 0.1) is 18.7 Å². The molecule has 3 heteroatoms. The van der Waals surface area contributed by atoms with E-state index in [0.29, 0.717) is 0 Å². The molecule has 3 nitrogen and oxygen atoms in total. The van der Waals surface area contributed by atoms with Crippen molar-refractivity contribution in [3.05, 3.63) is 66.4 Å². The topological polar surface area (TPSA) is 25.4 Å². The number of hydrogen-bond acceptors (Lipinski definition) is 3. The summed E-state index contributed by atoms with van der Waals surface area (Å²) in [6.07, 6.45) is 1.84. The van der Waals surface area contributed by atoms with Crippen LogP contribution < -0.4 is 0 Å². The molecule has 0 unspecified atom stereocenters. The normalized spacial score (nSPS) is 15.8. The molecule has 1 aromatic heterocycles. The fourth-order valence-corrected chi connectivity index (χ4v) is 3.18. The Labute approximate surface area is 136 Å². The average Bonchev–Trinajstić information content (AvgIpc) is 2.63. The van der Waals surface area contributed by atoms with Gasteiger partial charge in [-0.15, -0.1) is 0 Å². The first-order chi connectivity index (χ1) is 11.4. The number of morpholine rings is 1. The highest BCUT2D eigenvalue weighted by atomic mass is 16.5. The SMILES string of the molecule is c1ccc(-c2ccc3ncccc3c2)c(CN2CCOCC2)c1. The van der Waals surface area contributed by atoms with Crippen molar-refractivity contribution in [1.29, 1.82) is 0 Å². The number of rotatable bonds is 3. The second kappa shape index (κ2) is 6.49. The van der Waals surface area contributed by atoms with E-state index in [1.807, 2.05) is 12.3 Å². The summed E-state index contributed by atoms with van der Waals surface area (Å²) in [4.78, 5) is 6.87. The number of ether oxygens (including phenoxy) is 1. The maximum absolute atomic E-state index is 5.45. The summed E-state index contributed by atoms with van der Waals surface area (Å²) in [5, 5.41) is 1.19. The van der Waals surface area contributed by atoms with Crippen LogP contribution in [0.25, 0.3) is 22.0 Å². The summed E-state index contributed by atoms with van der Waals surface area (Å²) in [5.74, 6) is 0. The van der Waals surface area contributed by atoms with Gasteiger partial charge < -0.3 is 4.74 Å². The van der Waals surface area contributed by atoms with Gasteiger partial charge in [-0.05, 0) is 34.9 Å². The molecule has 4 rings (SSSR count). The molecule has 116 valence electrons. The number of aromatic nitrogens is 1. The van der Waals surface area contributed by atoms with Crippen LogP contribution in [0.4, 0.5) is 0 Å². The molecule has 0 saturated carbocycles. The van der Waals surface area contributed by atoms with E-state index in [0.717, 1.165) is 38.4 Å². The van der Waals surface area contributed by atoms with Crippen LogP contribution in [0.15, 0.2) is 60.8 Å². The smallest absolute Gasteiger partial charge is 0.0702 e. The monoisotopic (exact) mass is 304 g/mol. The van der Waals surface area contributed by atoms with Gasteiger partial charge in [0.2, 0.25) is 0 Å². The lowest BCUT2D eigenvalue weighted by atomic mass is 9.98. The molecule has 1 aliphatic heterocycles. The molecule has 0 amide bonds. The number of hydrogen-bond donors (Lipinski definition) is 0. The molecule has 0 N–H and O–H groups in total. The lowest BCUT2D eigenvalue weighted by Gasteiger charge is -2.27. The molecule has 2 heterocycles. The van der Waals surface area contributed by atoms with Gasteiger partial charge in [0, 0.05) is 31.2 Å². The van der Waals surface area contributed by atoms with Gasteiger partial charge in [-0.2, -0.15) is 0 Å². The Hall–Kier alpha value is -2.23. The van der Waals surface area contributed by atoms with Crippen molar-refractivity contribution in [1.82, 2.24) is 9.88 Å². The van der Waals surface area contributed by atoms with E-state index >= 15 is 0 Å². The lowest BCUT2D eigenvalue weighted by Crippen LogP contribution is -2.35. The molecule has 0 radical (unpaired) electrons. The van der Waals surface area contributed by atoms with Crippen LogP contribution >= 0.6 is 0 Å². The Morgan fingerprint density at radius 3 is 2.74 bits per heavy atom. The van der Waals surface area contributed by atoms with E-state index < -0.39 is 0 Å². The molecule has 23 heavy (non-hydrogen) atoms. The van der Waals surface area contributed by atoms with Gasteiger partial charge in [0.1, 0.15) is 0 Å². The molecule has 1 saturated heterocycles. The Bertz CT molecular complexity index is 809. The van der Waals surface area contributed by atoms with Crippen molar-refractivity contribution in [2.24, 2.45) is 0 Å². The van der Waals surface area contributed by atoms with Gasteiger partial charge in [0.25, 0.3) is 0 Å². The molecule has 0 bridgehead atoms. The number of benzene rings is 2. The molecular formula is C20H20N2O. The van der Waals surface area contributed by atoms with Gasteiger partial charge in [-0.3, -0.25) is 9.88 Å². The summed E-state index contributed by atoms with van der Waals surface area (Å²) >= 11 is 0. The van der Waals surface area contributed by atoms with Crippen LogP contribution in [-0.4, -0.2) is 36.2 Å². The zero-order chi connectivity index (χ0) is 15.5. The van der Waals surface area contributed by atoms with E-state index in [4.69, 9.17) is 4.74 Å². The van der Waals surface area contributed by atoms with Gasteiger partial charge >= 0.3 is 0 Å². The van der Waals surface area contributed by atoms with Crippen molar-refractivity contribution in [3.8, 4) is 11.1 Å². The maximum atomic E-state index is 5.45. The third-order valence-electron chi connectivity index (χ3n) is 4.43. The van der Waals surface area contributed by atoms with Gasteiger partial charge in [0.15, 0.2) is 0 Å². The average molecular weight is 304 g/mol. The zero-order valence-electron chi connectivity index (χ0n) is 13.1. The maximum Gasteiger partial charge on any atom is 0.0702 e. The quantitative estimate of drug-likeness (QED) is 0.737. The predicted molar refractivity (Wildman–Crippen MR) is 93.3 cm³/mol. The Morgan fingerprint density at radius 2 is 1.83 bits per heavy atom. The molecule has 1 fully saturated rings. The number of pyridine rings is 1. The van der Waals surface area contributed by atoms with Crippen LogP contribution in [0.5, 0.6) is 0 Å². The van der Waals surface area contributed by atoms with Gasteiger partial charge in [-0.25, -0.2) is 0 Å². The summed E-state index contributed by atoms with van der Waals surface area (Å²) in [5.41, 5.74) is 4.98. The van der Waals surface area contributed by atoms with Crippen LogP contribution in [0, 0.1) is 0 Å². The Morgan fingerprint density at radius 1 is 0.957 bits per heavy atom. The van der Waals surface area contributed by atoms with E-state index in [-0.39, 0.29) is 0 Å². The van der Waals surface area contributed by atoms with E-state index in [2.05, 4.69) is 58.4 Å². The van der Waals surface area contributed by atoms with Crippen LogP contribution in [-0.2, 0) is 11.3 Å². The summed E-state index contributed by atoms with van der Waals surface area (Å²) in [7, 11) is 0. The summed E-state index contributed by atoms with van der Waals surface area (Å²) < 4.78 is 5.45. The second-order valence-electron chi connectivity index (χ2n) is 5.96. The van der Waals surface area contributed by atoms with Gasteiger partial charge in [-0.1, -0.05) is 36.4 Å². The van der Waals surface area contributed by atoms with Crippen molar-refractivity contribution in [3.63, 3.8) is 0 Å². The molecule has 0 aliphatic carbocycles. The van der Waals surface area contributed by atoms with E-state index in [1.165, 1.54) is 22.1 Å². The molecule has 0 spiro atoms. The van der Waals surface area contributed by atoms with Crippen molar-refractivity contribution in [2.75, 3.05) is 26.3 Å². The first-order valence-corrected chi connectivity index (χ1v) is 8.13. The Kier molecular flexibility index (Phi) is 4.05. The highest BCUT2D eigenvalue weighted by molar-refractivity contribution is 5.84. The third kappa shape index (κ3) is 3.11.